The van der Waals surface area contributed by atoms with Crippen molar-refractivity contribution >= 4 is 27.5 Å². The number of nitrogens with one attached hydrogen (secondary N) is 1. The first kappa shape index (κ1) is 11.9. The van der Waals surface area contributed by atoms with Gasteiger partial charge in [-0.2, -0.15) is 5.10 Å². The maximum atomic E-state index is 11.9. The predicted molar refractivity (Wildman–Crippen MR) is 70.0 cm³/mol. The van der Waals surface area contributed by atoms with Gasteiger partial charge in [-0.15, -0.1) is 0 Å². The molecule has 2 rings (SSSR count). The fraction of sp³-hybridized carbons (Fsp3) is 0.167. The van der Waals surface area contributed by atoms with E-state index in [1.165, 1.54) is 0 Å². The van der Waals surface area contributed by atoms with E-state index < -0.39 is 0 Å². The molecule has 1 heterocycles. The van der Waals surface area contributed by atoms with E-state index in [2.05, 4.69) is 26.3 Å². The molecule has 0 saturated heterocycles. The highest BCUT2D eigenvalue weighted by Gasteiger charge is 2.10. The van der Waals surface area contributed by atoms with Gasteiger partial charge in [0.15, 0.2) is 5.69 Å². The molecule has 0 atom stereocenters. The second-order valence-corrected chi connectivity index (χ2v) is 4.70. The molecule has 1 aromatic heterocycles. The van der Waals surface area contributed by atoms with E-state index in [-0.39, 0.29) is 5.91 Å². The number of halogens is 1. The number of benzene rings is 1. The zero-order chi connectivity index (χ0) is 12.4. The summed E-state index contributed by atoms with van der Waals surface area (Å²) in [7, 11) is 1.78. The Kier molecular flexibility index (Phi) is 3.28. The first-order chi connectivity index (χ1) is 8.06. The summed E-state index contributed by atoms with van der Waals surface area (Å²) in [4.78, 5) is 11.9. The molecule has 0 spiro atoms. The van der Waals surface area contributed by atoms with Crippen molar-refractivity contribution in [3.63, 3.8) is 0 Å². The lowest BCUT2D eigenvalue weighted by Crippen LogP contribution is -2.13. The quantitative estimate of drug-likeness (QED) is 0.925. The standard InChI is InChI=1S/C12H12BrN3O/c1-8-7-9(13)3-4-10(8)14-12(17)11-5-6-16(2)15-11/h3-7H,1-2H3,(H,14,17). The molecule has 0 aliphatic rings. The van der Waals surface area contributed by atoms with Gasteiger partial charge in [0.25, 0.3) is 5.91 Å². The fourth-order valence-electron chi connectivity index (χ4n) is 1.49. The Hall–Kier alpha value is -1.62. The van der Waals surface area contributed by atoms with Gasteiger partial charge in [0.05, 0.1) is 0 Å². The Bertz CT molecular complexity index is 563. The number of aryl methyl sites for hydroxylation is 2. The number of aromatic nitrogens is 2. The van der Waals surface area contributed by atoms with Crippen LogP contribution in [0.3, 0.4) is 0 Å². The number of anilines is 1. The molecule has 1 amide bonds. The van der Waals surface area contributed by atoms with Gasteiger partial charge in [0.2, 0.25) is 0 Å². The molecule has 4 nitrogen and oxygen atoms in total. The van der Waals surface area contributed by atoms with E-state index in [4.69, 9.17) is 0 Å². The number of nitrogens with zero attached hydrogens (tertiary/aromatic N) is 2. The predicted octanol–water partition coefficient (Wildman–Crippen LogP) is 2.74. The number of hydrogen-bond acceptors (Lipinski definition) is 2. The van der Waals surface area contributed by atoms with Crippen molar-refractivity contribution in [1.82, 2.24) is 9.78 Å². The summed E-state index contributed by atoms with van der Waals surface area (Å²) in [5.41, 5.74) is 2.21. The number of amides is 1. The molecule has 1 N–H and O–H groups in total. The zero-order valence-corrected chi connectivity index (χ0v) is 11.2. The first-order valence-electron chi connectivity index (χ1n) is 5.13. The minimum Gasteiger partial charge on any atom is -0.320 e. The molecule has 1 aromatic carbocycles. The van der Waals surface area contributed by atoms with Crippen LogP contribution >= 0.6 is 15.9 Å². The van der Waals surface area contributed by atoms with Gasteiger partial charge in [-0.25, -0.2) is 0 Å². The van der Waals surface area contributed by atoms with Crippen molar-refractivity contribution in [3.8, 4) is 0 Å². The normalized spacial score (nSPS) is 10.3. The summed E-state index contributed by atoms with van der Waals surface area (Å²) < 4.78 is 2.59. The van der Waals surface area contributed by atoms with Crippen molar-refractivity contribution in [2.75, 3.05) is 5.32 Å². The Morgan fingerprint density at radius 3 is 2.76 bits per heavy atom. The first-order valence-corrected chi connectivity index (χ1v) is 5.93. The van der Waals surface area contributed by atoms with E-state index >= 15 is 0 Å². The van der Waals surface area contributed by atoms with Gasteiger partial charge in [0.1, 0.15) is 0 Å². The molecule has 0 radical (unpaired) electrons. The lowest BCUT2D eigenvalue weighted by molar-refractivity contribution is 0.102. The number of carbonyl (C=O) groups excluding carboxylic acids is 1. The van der Waals surface area contributed by atoms with Crippen molar-refractivity contribution < 1.29 is 4.79 Å². The average molecular weight is 294 g/mol. The Morgan fingerprint density at radius 1 is 1.41 bits per heavy atom. The third kappa shape index (κ3) is 2.74. The van der Waals surface area contributed by atoms with E-state index in [1.807, 2.05) is 25.1 Å². The van der Waals surface area contributed by atoms with Crippen LogP contribution in [0.4, 0.5) is 5.69 Å². The summed E-state index contributed by atoms with van der Waals surface area (Å²) in [5.74, 6) is -0.198. The van der Waals surface area contributed by atoms with Gasteiger partial charge in [0, 0.05) is 23.4 Å². The molecule has 0 aliphatic heterocycles. The van der Waals surface area contributed by atoms with Crippen molar-refractivity contribution in [1.29, 1.82) is 0 Å². The fourth-order valence-corrected chi connectivity index (χ4v) is 1.97. The maximum absolute atomic E-state index is 11.9. The van der Waals surface area contributed by atoms with Crippen LogP contribution < -0.4 is 5.32 Å². The van der Waals surface area contributed by atoms with Crippen LogP contribution in [0.25, 0.3) is 0 Å². The zero-order valence-electron chi connectivity index (χ0n) is 9.57. The van der Waals surface area contributed by atoms with Crippen LogP contribution in [0.1, 0.15) is 16.1 Å². The Morgan fingerprint density at radius 2 is 2.18 bits per heavy atom. The SMILES string of the molecule is Cc1cc(Br)ccc1NC(=O)c1ccn(C)n1. The molecular weight excluding hydrogens is 282 g/mol. The Labute approximate surface area is 108 Å². The average Bonchev–Trinajstić information content (AvgIpc) is 2.69. The monoisotopic (exact) mass is 293 g/mol. The van der Waals surface area contributed by atoms with Crippen molar-refractivity contribution in [2.24, 2.45) is 7.05 Å². The van der Waals surface area contributed by atoms with E-state index in [0.717, 1.165) is 15.7 Å². The van der Waals surface area contributed by atoms with Crippen LogP contribution in [0.5, 0.6) is 0 Å². The van der Waals surface area contributed by atoms with Crippen LogP contribution in [-0.2, 0) is 7.05 Å². The topological polar surface area (TPSA) is 46.9 Å². The van der Waals surface area contributed by atoms with Crippen molar-refractivity contribution in [2.45, 2.75) is 6.92 Å². The summed E-state index contributed by atoms with van der Waals surface area (Å²) in [6.07, 6.45) is 1.74. The van der Waals surface area contributed by atoms with Crippen LogP contribution in [0.2, 0.25) is 0 Å². The lowest BCUT2D eigenvalue weighted by Gasteiger charge is -2.07. The highest BCUT2D eigenvalue weighted by molar-refractivity contribution is 9.10. The minimum absolute atomic E-state index is 0.198. The van der Waals surface area contributed by atoms with Gasteiger partial charge >= 0.3 is 0 Å². The second-order valence-electron chi connectivity index (χ2n) is 3.79. The molecule has 0 unspecified atom stereocenters. The highest BCUT2D eigenvalue weighted by Crippen LogP contribution is 2.20. The molecule has 0 aliphatic carbocycles. The second kappa shape index (κ2) is 4.71. The number of rotatable bonds is 2. The Balaban J connectivity index is 2.18. The smallest absolute Gasteiger partial charge is 0.276 e. The van der Waals surface area contributed by atoms with Gasteiger partial charge < -0.3 is 5.32 Å². The maximum Gasteiger partial charge on any atom is 0.276 e. The largest absolute Gasteiger partial charge is 0.320 e. The van der Waals surface area contributed by atoms with E-state index in [0.29, 0.717) is 5.69 Å². The van der Waals surface area contributed by atoms with Crippen LogP contribution in [0, 0.1) is 6.92 Å². The summed E-state index contributed by atoms with van der Waals surface area (Å²) in [5, 5.41) is 6.88. The van der Waals surface area contributed by atoms with E-state index in [9.17, 15) is 4.79 Å². The van der Waals surface area contributed by atoms with Gasteiger partial charge in [-0.3, -0.25) is 9.48 Å². The molecular formula is C12H12BrN3O. The molecule has 88 valence electrons. The highest BCUT2D eigenvalue weighted by atomic mass is 79.9. The van der Waals surface area contributed by atoms with Crippen LogP contribution in [0.15, 0.2) is 34.9 Å². The minimum atomic E-state index is -0.198. The molecule has 2 aromatic rings. The summed E-state index contributed by atoms with van der Waals surface area (Å²) in [6, 6.07) is 7.39. The third-order valence-electron chi connectivity index (χ3n) is 2.38. The molecule has 0 bridgehead atoms. The number of carbonyl (C=O) groups is 1. The number of hydrogen-bond donors (Lipinski definition) is 1. The van der Waals surface area contributed by atoms with Gasteiger partial charge in [-0.05, 0) is 36.8 Å². The third-order valence-corrected chi connectivity index (χ3v) is 2.88. The molecule has 0 saturated carbocycles. The molecule has 5 heteroatoms. The van der Waals surface area contributed by atoms with Gasteiger partial charge in [-0.1, -0.05) is 15.9 Å². The van der Waals surface area contributed by atoms with Crippen molar-refractivity contribution in [3.05, 3.63) is 46.2 Å². The summed E-state index contributed by atoms with van der Waals surface area (Å²) in [6.45, 7) is 1.94. The molecule has 0 fully saturated rings. The van der Waals surface area contributed by atoms with Crippen LogP contribution in [-0.4, -0.2) is 15.7 Å². The summed E-state index contributed by atoms with van der Waals surface area (Å²) >= 11 is 3.38. The van der Waals surface area contributed by atoms with E-state index in [1.54, 1.807) is 24.0 Å². The molecule has 17 heavy (non-hydrogen) atoms. The lowest BCUT2D eigenvalue weighted by atomic mass is 10.2.